The lowest BCUT2D eigenvalue weighted by Crippen LogP contribution is -2.13. The first kappa shape index (κ1) is 21.4. The van der Waals surface area contributed by atoms with Crippen LogP contribution in [0.1, 0.15) is 35.3 Å². The zero-order valence-corrected chi connectivity index (χ0v) is 18.5. The first-order chi connectivity index (χ1) is 15.2. The number of benzene rings is 3. The second kappa shape index (κ2) is 8.03. The van der Waals surface area contributed by atoms with E-state index in [2.05, 4.69) is 16.0 Å². The van der Waals surface area contributed by atoms with Gasteiger partial charge < -0.3 is 14.8 Å². The van der Waals surface area contributed by atoms with Gasteiger partial charge in [-0.1, -0.05) is 41.9 Å². The molecule has 7 heteroatoms. The van der Waals surface area contributed by atoms with Crippen LogP contribution in [0.3, 0.4) is 0 Å². The first-order valence-corrected chi connectivity index (χ1v) is 10.3. The molecule has 0 saturated heterocycles. The van der Waals surface area contributed by atoms with Crippen molar-refractivity contribution in [1.82, 2.24) is 9.97 Å². The van der Waals surface area contributed by atoms with Crippen molar-refractivity contribution in [3.63, 3.8) is 0 Å². The third-order valence-electron chi connectivity index (χ3n) is 5.40. The lowest BCUT2D eigenvalue weighted by atomic mass is 9.85. The third-order valence-corrected chi connectivity index (χ3v) is 5.71. The number of ether oxygens (including phenoxy) is 1. The number of hydrogen-bond donors (Lipinski definition) is 2. The molecule has 0 aliphatic rings. The summed E-state index contributed by atoms with van der Waals surface area (Å²) in [4.78, 5) is 18.9. The van der Waals surface area contributed by atoms with Gasteiger partial charge in [0, 0.05) is 5.56 Å². The zero-order valence-electron chi connectivity index (χ0n) is 17.7. The highest BCUT2D eigenvalue weighted by molar-refractivity contribution is 6.34. The van der Waals surface area contributed by atoms with E-state index in [1.807, 2.05) is 44.2 Å². The minimum absolute atomic E-state index is 0.173. The number of H-pyrrole nitrogens is 1. The molecule has 4 aromatic rings. The number of aromatic amines is 1. The number of imidazole rings is 1. The summed E-state index contributed by atoms with van der Waals surface area (Å²) in [6.07, 6.45) is 0. The van der Waals surface area contributed by atoms with Gasteiger partial charge in [-0.05, 0) is 61.7 Å². The molecule has 0 unspecified atom stereocenters. The molecule has 0 spiro atoms. The van der Waals surface area contributed by atoms with E-state index in [4.69, 9.17) is 16.3 Å². The molecule has 32 heavy (non-hydrogen) atoms. The maximum absolute atomic E-state index is 11.4. The molecule has 4 rings (SSSR count). The second-order valence-corrected chi connectivity index (χ2v) is 8.50. The molecule has 2 N–H and O–H groups in total. The summed E-state index contributed by atoms with van der Waals surface area (Å²) < 4.78 is 5.76. The van der Waals surface area contributed by atoms with Crippen LogP contribution in [0, 0.1) is 18.3 Å². The summed E-state index contributed by atoms with van der Waals surface area (Å²) in [5.74, 6) is -0.646. The van der Waals surface area contributed by atoms with Crippen LogP contribution in [0.4, 0.5) is 0 Å². The molecular formula is C25H20ClN3O3. The van der Waals surface area contributed by atoms with Crippen LogP contribution < -0.4 is 4.74 Å². The van der Waals surface area contributed by atoms with Crippen molar-refractivity contribution in [2.24, 2.45) is 0 Å². The standard InChI is InChI=1S/C25H20ClN3O3/c1-14-4-9-17(10-18(14)23(30)31)32-24-28-21-11-19(20(26)12-22(21)29-24)15-5-7-16(8-6-15)25(2,3)13-27/h4-12H,1-3H3,(H,28,29)(H,30,31). The molecule has 0 bridgehead atoms. The zero-order chi connectivity index (χ0) is 23.0. The van der Waals surface area contributed by atoms with Crippen LogP contribution in [0.2, 0.25) is 5.02 Å². The Morgan fingerprint density at radius 1 is 1.16 bits per heavy atom. The van der Waals surface area contributed by atoms with E-state index in [9.17, 15) is 15.2 Å². The van der Waals surface area contributed by atoms with Crippen molar-refractivity contribution in [1.29, 1.82) is 5.26 Å². The number of nitrogens with zero attached hydrogens (tertiary/aromatic N) is 2. The van der Waals surface area contributed by atoms with Gasteiger partial charge in [0.2, 0.25) is 0 Å². The summed E-state index contributed by atoms with van der Waals surface area (Å²) in [5, 5.41) is 19.2. The van der Waals surface area contributed by atoms with Crippen LogP contribution in [0.25, 0.3) is 22.2 Å². The number of nitriles is 1. The Balaban J connectivity index is 1.66. The Labute approximate surface area is 190 Å². The van der Waals surface area contributed by atoms with Crippen molar-refractivity contribution in [2.75, 3.05) is 0 Å². The predicted molar refractivity (Wildman–Crippen MR) is 123 cm³/mol. The number of aromatic nitrogens is 2. The van der Waals surface area contributed by atoms with Crippen molar-refractivity contribution in [3.8, 4) is 29.0 Å². The van der Waals surface area contributed by atoms with Gasteiger partial charge in [0.05, 0.1) is 33.1 Å². The average molecular weight is 446 g/mol. The topological polar surface area (TPSA) is 99.0 Å². The van der Waals surface area contributed by atoms with Gasteiger partial charge in [-0.15, -0.1) is 0 Å². The smallest absolute Gasteiger partial charge is 0.336 e. The molecule has 0 saturated carbocycles. The molecule has 1 heterocycles. The number of carboxylic acid groups (broad SMARTS) is 1. The first-order valence-electron chi connectivity index (χ1n) is 9.91. The lowest BCUT2D eigenvalue weighted by Gasteiger charge is -2.16. The molecule has 0 atom stereocenters. The Kier molecular flexibility index (Phi) is 5.37. The van der Waals surface area contributed by atoms with E-state index >= 15 is 0 Å². The summed E-state index contributed by atoms with van der Waals surface area (Å²) in [6, 6.07) is 18.7. The Morgan fingerprint density at radius 3 is 2.53 bits per heavy atom. The van der Waals surface area contributed by atoms with Crippen LogP contribution in [-0.4, -0.2) is 21.0 Å². The number of aryl methyl sites for hydroxylation is 1. The number of carboxylic acids is 1. The fraction of sp³-hybridized carbons (Fsp3) is 0.160. The fourth-order valence-electron chi connectivity index (χ4n) is 3.41. The van der Waals surface area contributed by atoms with Gasteiger partial charge in [0.1, 0.15) is 5.75 Å². The van der Waals surface area contributed by atoms with Crippen molar-refractivity contribution < 1.29 is 14.6 Å². The van der Waals surface area contributed by atoms with Gasteiger partial charge in [-0.3, -0.25) is 0 Å². The molecule has 0 amide bonds. The number of carbonyl (C=O) groups is 1. The Morgan fingerprint density at radius 2 is 1.88 bits per heavy atom. The molecule has 0 fully saturated rings. The number of fused-ring (bicyclic) bond motifs is 1. The van der Waals surface area contributed by atoms with E-state index in [-0.39, 0.29) is 11.6 Å². The quantitative estimate of drug-likeness (QED) is 0.366. The number of halogens is 1. The van der Waals surface area contributed by atoms with Crippen molar-refractivity contribution >= 4 is 28.6 Å². The molecular weight excluding hydrogens is 426 g/mol. The van der Waals surface area contributed by atoms with Gasteiger partial charge in [-0.2, -0.15) is 10.2 Å². The highest BCUT2D eigenvalue weighted by Crippen LogP contribution is 2.34. The summed E-state index contributed by atoms with van der Waals surface area (Å²) in [7, 11) is 0. The molecule has 3 aromatic carbocycles. The molecule has 160 valence electrons. The average Bonchev–Trinajstić information content (AvgIpc) is 3.15. The summed E-state index contributed by atoms with van der Waals surface area (Å²) >= 11 is 6.53. The maximum Gasteiger partial charge on any atom is 0.336 e. The molecule has 1 aromatic heterocycles. The lowest BCUT2D eigenvalue weighted by molar-refractivity contribution is 0.0695. The largest absolute Gasteiger partial charge is 0.478 e. The van der Waals surface area contributed by atoms with Crippen molar-refractivity contribution in [3.05, 3.63) is 76.3 Å². The van der Waals surface area contributed by atoms with Crippen LogP contribution in [-0.2, 0) is 5.41 Å². The minimum Gasteiger partial charge on any atom is -0.478 e. The monoisotopic (exact) mass is 445 g/mol. The van der Waals surface area contributed by atoms with Crippen LogP contribution >= 0.6 is 11.6 Å². The van der Waals surface area contributed by atoms with Gasteiger partial charge in [0.15, 0.2) is 0 Å². The number of nitrogens with one attached hydrogen (secondary N) is 1. The number of rotatable bonds is 5. The Bertz CT molecular complexity index is 1380. The second-order valence-electron chi connectivity index (χ2n) is 8.09. The van der Waals surface area contributed by atoms with E-state index in [1.54, 1.807) is 25.1 Å². The molecule has 0 aliphatic carbocycles. The van der Waals surface area contributed by atoms with Crippen LogP contribution in [0.15, 0.2) is 54.6 Å². The van der Waals surface area contributed by atoms with E-state index in [1.165, 1.54) is 6.07 Å². The summed E-state index contributed by atoms with van der Waals surface area (Å²) in [6.45, 7) is 5.48. The molecule has 0 radical (unpaired) electrons. The number of hydrogen-bond acceptors (Lipinski definition) is 4. The molecule has 0 aliphatic heterocycles. The van der Waals surface area contributed by atoms with Crippen LogP contribution in [0.5, 0.6) is 11.8 Å². The Hall–Kier alpha value is -3.82. The maximum atomic E-state index is 11.4. The van der Waals surface area contributed by atoms with Gasteiger partial charge in [-0.25, -0.2) is 4.79 Å². The predicted octanol–water partition coefficient (Wildman–Crippen LogP) is 6.48. The SMILES string of the molecule is Cc1ccc(Oc2nc3cc(-c4ccc(C(C)(C)C#N)cc4)c(Cl)cc3[nH]2)cc1C(=O)O. The third kappa shape index (κ3) is 4.03. The highest BCUT2D eigenvalue weighted by Gasteiger charge is 2.20. The minimum atomic E-state index is -1.02. The number of aromatic carboxylic acids is 1. The molecule has 6 nitrogen and oxygen atoms in total. The van der Waals surface area contributed by atoms with Gasteiger partial charge >= 0.3 is 5.97 Å². The summed E-state index contributed by atoms with van der Waals surface area (Å²) in [5.41, 5.74) is 4.24. The van der Waals surface area contributed by atoms with E-state index in [0.29, 0.717) is 27.4 Å². The van der Waals surface area contributed by atoms with Gasteiger partial charge in [0.25, 0.3) is 6.01 Å². The van der Waals surface area contributed by atoms with E-state index in [0.717, 1.165) is 16.7 Å². The highest BCUT2D eigenvalue weighted by atomic mass is 35.5. The van der Waals surface area contributed by atoms with E-state index < -0.39 is 11.4 Å². The fourth-order valence-corrected chi connectivity index (χ4v) is 3.69. The van der Waals surface area contributed by atoms with Crippen molar-refractivity contribution in [2.45, 2.75) is 26.2 Å². The normalized spacial score (nSPS) is 11.3.